The predicted molar refractivity (Wildman–Crippen MR) is 64.5 cm³/mol. The number of β-amino-alcohol motifs (C(OH)–C–C–N with tert-alkyl or cyclic N) is 1. The highest BCUT2D eigenvalue weighted by molar-refractivity contribution is 4.94. The predicted octanol–water partition coefficient (Wildman–Crippen LogP) is -0.818. The fourth-order valence-corrected chi connectivity index (χ4v) is 2.57. The lowest BCUT2D eigenvalue weighted by Gasteiger charge is -2.44. The zero-order valence-corrected chi connectivity index (χ0v) is 10.7. The molecule has 0 radical (unpaired) electrons. The summed E-state index contributed by atoms with van der Waals surface area (Å²) in [6.07, 6.45) is -1.03. The first kappa shape index (κ1) is 14.9. The van der Waals surface area contributed by atoms with Crippen LogP contribution in [0.2, 0.25) is 0 Å². The summed E-state index contributed by atoms with van der Waals surface area (Å²) in [5.74, 6) is 0.448. The minimum absolute atomic E-state index is 0.205. The molecule has 1 aliphatic heterocycles. The molecule has 0 saturated carbocycles. The molecule has 0 amide bonds. The van der Waals surface area contributed by atoms with Gasteiger partial charge in [-0.25, -0.2) is 0 Å². The monoisotopic (exact) mass is 247 g/mol. The Labute approximate surface area is 103 Å². The summed E-state index contributed by atoms with van der Waals surface area (Å²) < 4.78 is 0. The second kappa shape index (κ2) is 6.66. The molecule has 102 valence electrons. The van der Waals surface area contributed by atoms with Crippen molar-refractivity contribution in [3.63, 3.8) is 0 Å². The lowest BCUT2D eigenvalue weighted by molar-refractivity contribution is -0.147. The van der Waals surface area contributed by atoms with E-state index in [-0.39, 0.29) is 6.61 Å². The highest BCUT2D eigenvalue weighted by atomic mass is 16.4. The van der Waals surface area contributed by atoms with E-state index in [1.807, 2.05) is 4.90 Å². The van der Waals surface area contributed by atoms with Crippen molar-refractivity contribution in [3.05, 3.63) is 0 Å². The molecular weight excluding hydrogens is 222 g/mol. The summed E-state index contributed by atoms with van der Waals surface area (Å²) in [5.41, 5.74) is 0. The third-order valence-corrected chi connectivity index (χ3v) is 3.54. The number of likely N-dealkylation sites (tertiary alicyclic amines) is 1. The van der Waals surface area contributed by atoms with Gasteiger partial charge in [0, 0.05) is 13.1 Å². The normalized spacial score (nSPS) is 37.1. The molecule has 1 aliphatic rings. The summed E-state index contributed by atoms with van der Waals surface area (Å²) in [6, 6.07) is -0.479. The van der Waals surface area contributed by atoms with Gasteiger partial charge in [0.05, 0.1) is 18.8 Å². The van der Waals surface area contributed by atoms with Crippen molar-refractivity contribution >= 4 is 0 Å². The van der Waals surface area contributed by atoms with Crippen molar-refractivity contribution in [1.82, 2.24) is 4.90 Å². The topological polar surface area (TPSA) is 84.2 Å². The number of rotatable bonds is 5. The van der Waals surface area contributed by atoms with Crippen molar-refractivity contribution in [2.24, 2.45) is 5.92 Å². The van der Waals surface area contributed by atoms with Gasteiger partial charge in [0.25, 0.3) is 0 Å². The first-order valence-electron chi connectivity index (χ1n) is 6.40. The third-order valence-electron chi connectivity index (χ3n) is 3.54. The summed E-state index contributed by atoms with van der Waals surface area (Å²) in [5, 5.41) is 38.3. The SMILES string of the molecule is CCCC(C)CN1C[C@H](O)[C@@H](O)[C@H](O)[C@H]1CO. The van der Waals surface area contributed by atoms with Crippen LogP contribution in [-0.2, 0) is 0 Å². The van der Waals surface area contributed by atoms with Crippen molar-refractivity contribution in [3.8, 4) is 0 Å². The Morgan fingerprint density at radius 2 is 1.88 bits per heavy atom. The van der Waals surface area contributed by atoms with Crippen molar-refractivity contribution in [1.29, 1.82) is 0 Å². The molecule has 1 unspecified atom stereocenters. The molecule has 5 heteroatoms. The van der Waals surface area contributed by atoms with Crippen LogP contribution in [0, 0.1) is 5.92 Å². The second-order valence-electron chi connectivity index (χ2n) is 5.15. The fraction of sp³-hybridized carbons (Fsp3) is 1.00. The number of aliphatic hydroxyl groups is 4. The van der Waals surface area contributed by atoms with E-state index < -0.39 is 24.4 Å². The minimum Gasteiger partial charge on any atom is -0.395 e. The van der Waals surface area contributed by atoms with E-state index in [9.17, 15) is 20.4 Å². The summed E-state index contributed by atoms with van der Waals surface area (Å²) in [6.45, 7) is 5.05. The molecule has 5 nitrogen and oxygen atoms in total. The number of nitrogens with zero attached hydrogens (tertiary/aromatic N) is 1. The number of hydrogen-bond donors (Lipinski definition) is 4. The van der Waals surface area contributed by atoms with Crippen molar-refractivity contribution in [2.45, 2.75) is 51.0 Å². The molecule has 1 rings (SSSR count). The van der Waals surface area contributed by atoms with Crippen LogP contribution in [0.15, 0.2) is 0 Å². The van der Waals surface area contributed by atoms with E-state index in [1.54, 1.807) is 0 Å². The number of hydrogen-bond acceptors (Lipinski definition) is 5. The fourth-order valence-electron chi connectivity index (χ4n) is 2.57. The quantitative estimate of drug-likeness (QED) is 0.510. The Morgan fingerprint density at radius 1 is 1.24 bits per heavy atom. The van der Waals surface area contributed by atoms with E-state index in [4.69, 9.17) is 0 Å². The van der Waals surface area contributed by atoms with Crippen LogP contribution < -0.4 is 0 Å². The average molecular weight is 247 g/mol. The van der Waals surface area contributed by atoms with Gasteiger partial charge in [-0.2, -0.15) is 0 Å². The zero-order valence-electron chi connectivity index (χ0n) is 10.7. The molecule has 0 bridgehead atoms. The van der Waals surface area contributed by atoms with Gasteiger partial charge in [0.15, 0.2) is 0 Å². The van der Waals surface area contributed by atoms with Gasteiger partial charge < -0.3 is 20.4 Å². The minimum atomic E-state index is -1.16. The summed E-state index contributed by atoms with van der Waals surface area (Å²) in [4.78, 5) is 1.88. The Hall–Kier alpha value is -0.200. The maximum absolute atomic E-state index is 9.81. The molecule has 0 aromatic rings. The average Bonchev–Trinajstić information content (AvgIpc) is 2.27. The molecule has 1 heterocycles. The van der Waals surface area contributed by atoms with Crippen LogP contribution in [0.1, 0.15) is 26.7 Å². The first-order valence-corrected chi connectivity index (χ1v) is 6.40. The largest absolute Gasteiger partial charge is 0.395 e. The van der Waals surface area contributed by atoms with Crippen LogP contribution >= 0.6 is 0 Å². The third kappa shape index (κ3) is 3.63. The molecule has 0 aromatic carbocycles. The smallest absolute Gasteiger partial charge is 0.109 e. The molecule has 1 saturated heterocycles. The van der Waals surface area contributed by atoms with Gasteiger partial charge in [0.1, 0.15) is 12.2 Å². The van der Waals surface area contributed by atoms with Gasteiger partial charge in [-0.1, -0.05) is 20.3 Å². The first-order chi connectivity index (χ1) is 8.01. The Balaban J connectivity index is 2.62. The molecule has 4 N–H and O–H groups in total. The van der Waals surface area contributed by atoms with Gasteiger partial charge in [-0.15, -0.1) is 0 Å². The molecule has 5 atom stereocenters. The van der Waals surface area contributed by atoms with Crippen LogP contribution in [-0.4, -0.2) is 69.4 Å². The lowest BCUT2D eigenvalue weighted by atomic mass is 9.92. The maximum atomic E-state index is 9.81. The molecule has 17 heavy (non-hydrogen) atoms. The summed E-state index contributed by atoms with van der Waals surface area (Å²) >= 11 is 0. The van der Waals surface area contributed by atoms with Gasteiger partial charge in [-0.05, 0) is 12.3 Å². The Morgan fingerprint density at radius 3 is 2.41 bits per heavy atom. The zero-order chi connectivity index (χ0) is 13.0. The Bertz CT molecular complexity index is 227. The second-order valence-corrected chi connectivity index (χ2v) is 5.15. The van der Waals surface area contributed by atoms with Gasteiger partial charge in [-0.3, -0.25) is 4.90 Å². The standard InChI is InChI=1S/C12H25NO4/c1-3-4-8(2)5-13-6-10(15)12(17)11(16)9(13)7-14/h8-12,14-17H,3-7H2,1-2H3/t8?,9-,10+,11-,12-/m1/s1. The van der Waals surface area contributed by atoms with E-state index >= 15 is 0 Å². The number of aliphatic hydroxyl groups excluding tert-OH is 4. The number of piperidine rings is 1. The van der Waals surface area contributed by atoms with Crippen LogP contribution in [0.4, 0.5) is 0 Å². The Kier molecular flexibility index (Phi) is 5.82. The molecular formula is C12H25NO4. The van der Waals surface area contributed by atoms with Gasteiger partial charge in [0.2, 0.25) is 0 Å². The van der Waals surface area contributed by atoms with Gasteiger partial charge >= 0.3 is 0 Å². The van der Waals surface area contributed by atoms with Crippen molar-refractivity contribution < 1.29 is 20.4 Å². The van der Waals surface area contributed by atoms with E-state index in [1.165, 1.54) is 0 Å². The van der Waals surface area contributed by atoms with Crippen LogP contribution in [0.5, 0.6) is 0 Å². The highest BCUT2D eigenvalue weighted by Crippen LogP contribution is 2.21. The molecule has 1 fully saturated rings. The highest BCUT2D eigenvalue weighted by Gasteiger charge is 2.41. The van der Waals surface area contributed by atoms with E-state index in [0.29, 0.717) is 12.5 Å². The molecule has 0 aliphatic carbocycles. The lowest BCUT2D eigenvalue weighted by Crippen LogP contribution is -2.63. The van der Waals surface area contributed by atoms with Crippen molar-refractivity contribution in [2.75, 3.05) is 19.7 Å². The van der Waals surface area contributed by atoms with Crippen LogP contribution in [0.3, 0.4) is 0 Å². The summed E-state index contributed by atoms with van der Waals surface area (Å²) in [7, 11) is 0. The molecule has 0 aromatic heterocycles. The van der Waals surface area contributed by atoms with Crippen LogP contribution in [0.25, 0.3) is 0 Å². The van der Waals surface area contributed by atoms with E-state index in [0.717, 1.165) is 19.4 Å². The molecule has 0 spiro atoms. The maximum Gasteiger partial charge on any atom is 0.109 e. The van der Waals surface area contributed by atoms with E-state index in [2.05, 4.69) is 13.8 Å².